The number of benzene rings is 1. The quantitative estimate of drug-likeness (QED) is 0.735. The molecular formula is C16H16N4O3. The molecule has 2 heterocycles. The minimum atomic E-state index is -0.610. The van der Waals surface area contributed by atoms with E-state index in [-0.39, 0.29) is 16.9 Å². The van der Waals surface area contributed by atoms with E-state index in [1.807, 2.05) is 19.1 Å². The van der Waals surface area contributed by atoms with Crippen LogP contribution in [0.4, 0.5) is 0 Å². The summed E-state index contributed by atoms with van der Waals surface area (Å²) in [6, 6.07) is 6.63. The van der Waals surface area contributed by atoms with Crippen LogP contribution in [0.3, 0.4) is 0 Å². The summed E-state index contributed by atoms with van der Waals surface area (Å²) in [6.07, 6.45) is 1.41. The van der Waals surface area contributed by atoms with E-state index in [0.29, 0.717) is 5.56 Å². The SMILES string of the molecule is Cc1ccc(C(=O)[C@H](C)n2cnc3c2c(=O)[nH]c(=O)n3C)cc1. The number of aryl methyl sites for hydroxylation is 2. The van der Waals surface area contributed by atoms with Crippen molar-refractivity contribution in [1.29, 1.82) is 0 Å². The molecule has 0 aliphatic carbocycles. The normalized spacial score (nSPS) is 12.5. The van der Waals surface area contributed by atoms with E-state index in [0.717, 1.165) is 5.56 Å². The van der Waals surface area contributed by atoms with Crippen molar-refractivity contribution in [2.45, 2.75) is 19.9 Å². The Morgan fingerprint density at radius 1 is 1.22 bits per heavy atom. The lowest BCUT2D eigenvalue weighted by Crippen LogP contribution is -2.30. The first-order chi connectivity index (χ1) is 10.9. The zero-order valence-corrected chi connectivity index (χ0v) is 13.0. The molecule has 118 valence electrons. The first-order valence-electron chi connectivity index (χ1n) is 7.17. The van der Waals surface area contributed by atoms with E-state index in [1.165, 1.54) is 22.5 Å². The molecule has 0 bridgehead atoms. The van der Waals surface area contributed by atoms with Crippen LogP contribution in [0.1, 0.15) is 28.9 Å². The topological polar surface area (TPSA) is 89.8 Å². The van der Waals surface area contributed by atoms with Crippen LogP contribution in [-0.2, 0) is 7.05 Å². The zero-order valence-electron chi connectivity index (χ0n) is 13.0. The molecule has 0 spiro atoms. The molecule has 7 nitrogen and oxygen atoms in total. The van der Waals surface area contributed by atoms with Crippen LogP contribution in [0.25, 0.3) is 11.2 Å². The Kier molecular flexibility index (Phi) is 3.48. The van der Waals surface area contributed by atoms with Crippen LogP contribution in [0.5, 0.6) is 0 Å². The minimum absolute atomic E-state index is 0.127. The van der Waals surface area contributed by atoms with Gasteiger partial charge in [0.05, 0.1) is 12.4 Å². The molecule has 7 heteroatoms. The third-order valence-electron chi connectivity index (χ3n) is 3.97. The van der Waals surface area contributed by atoms with Crippen LogP contribution < -0.4 is 11.2 Å². The Bertz CT molecular complexity index is 1010. The van der Waals surface area contributed by atoms with Gasteiger partial charge in [0, 0.05) is 12.6 Å². The van der Waals surface area contributed by atoms with Gasteiger partial charge < -0.3 is 4.57 Å². The van der Waals surface area contributed by atoms with E-state index in [4.69, 9.17) is 0 Å². The fourth-order valence-electron chi connectivity index (χ4n) is 2.53. The molecule has 0 saturated heterocycles. The van der Waals surface area contributed by atoms with Crippen LogP contribution in [0.15, 0.2) is 40.2 Å². The largest absolute Gasteiger partial charge is 0.329 e. The Morgan fingerprint density at radius 2 is 1.87 bits per heavy atom. The molecule has 23 heavy (non-hydrogen) atoms. The first kappa shape index (κ1) is 15.0. The number of fused-ring (bicyclic) bond motifs is 1. The number of carbonyl (C=O) groups is 1. The summed E-state index contributed by atoms with van der Waals surface area (Å²) in [5, 5.41) is 0. The van der Waals surface area contributed by atoms with Crippen molar-refractivity contribution in [1.82, 2.24) is 19.1 Å². The zero-order chi connectivity index (χ0) is 16.7. The second kappa shape index (κ2) is 5.35. The highest BCUT2D eigenvalue weighted by Crippen LogP contribution is 2.18. The standard InChI is InChI=1S/C16H16N4O3/c1-9-4-6-11(7-5-9)13(21)10(2)20-8-17-14-12(20)15(22)18-16(23)19(14)3/h4-8,10H,1-3H3,(H,18,22,23)/t10-/m0/s1. The highest BCUT2D eigenvalue weighted by molar-refractivity contribution is 5.99. The molecule has 0 radical (unpaired) electrons. The van der Waals surface area contributed by atoms with E-state index in [2.05, 4.69) is 9.97 Å². The summed E-state index contributed by atoms with van der Waals surface area (Å²) >= 11 is 0. The molecule has 3 aromatic rings. The van der Waals surface area contributed by atoms with Crippen molar-refractivity contribution < 1.29 is 4.79 Å². The van der Waals surface area contributed by atoms with Crippen LogP contribution in [-0.4, -0.2) is 24.9 Å². The number of hydrogen-bond acceptors (Lipinski definition) is 4. The predicted octanol–water partition coefficient (Wildman–Crippen LogP) is 1.18. The molecule has 0 amide bonds. The van der Waals surface area contributed by atoms with Gasteiger partial charge in [0.15, 0.2) is 16.9 Å². The average Bonchev–Trinajstić information content (AvgIpc) is 2.97. The van der Waals surface area contributed by atoms with Gasteiger partial charge in [-0.3, -0.25) is 19.1 Å². The number of nitrogens with one attached hydrogen (secondary N) is 1. The van der Waals surface area contributed by atoms with Gasteiger partial charge in [-0.05, 0) is 13.8 Å². The summed E-state index contributed by atoms with van der Waals surface area (Å²) in [7, 11) is 1.52. The van der Waals surface area contributed by atoms with Gasteiger partial charge in [-0.15, -0.1) is 0 Å². The Balaban J connectivity index is 2.11. The molecule has 0 aliphatic rings. The fraction of sp³-hybridized carbons (Fsp3) is 0.250. The Labute approximate surface area is 131 Å². The maximum Gasteiger partial charge on any atom is 0.329 e. The van der Waals surface area contributed by atoms with Crippen LogP contribution in [0, 0.1) is 6.92 Å². The summed E-state index contributed by atoms with van der Waals surface area (Å²) in [5.74, 6) is -0.127. The molecule has 0 fully saturated rings. The Hall–Kier alpha value is -2.96. The number of carbonyl (C=O) groups excluding carboxylic acids is 1. The number of imidazole rings is 1. The molecule has 1 N–H and O–H groups in total. The lowest BCUT2D eigenvalue weighted by molar-refractivity contribution is 0.0937. The summed E-state index contributed by atoms with van der Waals surface area (Å²) in [5.41, 5.74) is 0.997. The van der Waals surface area contributed by atoms with Crippen LogP contribution in [0.2, 0.25) is 0 Å². The monoisotopic (exact) mass is 312 g/mol. The van der Waals surface area contributed by atoms with Crippen molar-refractivity contribution >= 4 is 16.9 Å². The smallest absolute Gasteiger partial charge is 0.314 e. The summed E-state index contributed by atoms with van der Waals surface area (Å²) < 4.78 is 2.74. The lowest BCUT2D eigenvalue weighted by Gasteiger charge is -2.13. The third-order valence-corrected chi connectivity index (χ3v) is 3.97. The average molecular weight is 312 g/mol. The number of H-pyrrole nitrogens is 1. The Morgan fingerprint density at radius 3 is 2.52 bits per heavy atom. The van der Waals surface area contributed by atoms with Crippen molar-refractivity contribution in [3.63, 3.8) is 0 Å². The highest BCUT2D eigenvalue weighted by atomic mass is 16.2. The van der Waals surface area contributed by atoms with Crippen molar-refractivity contribution in [2.24, 2.45) is 7.05 Å². The van der Waals surface area contributed by atoms with Gasteiger partial charge in [0.1, 0.15) is 0 Å². The minimum Gasteiger partial charge on any atom is -0.314 e. The molecule has 1 atom stereocenters. The molecule has 2 aromatic heterocycles. The maximum absolute atomic E-state index is 12.6. The maximum atomic E-state index is 12.6. The molecule has 0 saturated carbocycles. The molecule has 0 aliphatic heterocycles. The van der Waals surface area contributed by atoms with E-state index in [9.17, 15) is 14.4 Å². The van der Waals surface area contributed by atoms with Crippen molar-refractivity contribution in [2.75, 3.05) is 0 Å². The number of aromatic nitrogens is 4. The molecular weight excluding hydrogens is 296 g/mol. The van der Waals surface area contributed by atoms with E-state index in [1.54, 1.807) is 19.1 Å². The van der Waals surface area contributed by atoms with Gasteiger partial charge in [-0.25, -0.2) is 9.78 Å². The number of aromatic amines is 1. The van der Waals surface area contributed by atoms with Gasteiger partial charge >= 0.3 is 5.69 Å². The van der Waals surface area contributed by atoms with E-state index < -0.39 is 17.3 Å². The van der Waals surface area contributed by atoms with E-state index >= 15 is 0 Å². The molecule has 1 aromatic carbocycles. The number of hydrogen-bond donors (Lipinski definition) is 1. The molecule has 3 rings (SSSR count). The second-order valence-corrected chi connectivity index (χ2v) is 5.55. The van der Waals surface area contributed by atoms with Gasteiger partial charge in [-0.2, -0.15) is 0 Å². The second-order valence-electron chi connectivity index (χ2n) is 5.55. The van der Waals surface area contributed by atoms with Crippen molar-refractivity contribution in [3.8, 4) is 0 Å². The molecule has 0 unspecified atom stereocenters. The summed E-state index contributed by atoms with van der Waals surface area (Å²) in [6.45, 7) is 3.65. The van der Waals surface area contributed by atoms with Gasteiger partial charge in [0.2, 0.25) is 0 Å². The van der Waals surface area contributed by atoms with Crippen LogP contribution >= 0.6 is 0 Å². The number of Topliss-reactive ketones (excluding diaryl/α,β-unsaturated/α-hetero) is 1. The third kappa shape index (κ3) is 2.40. The highest BCUT2D eigenvalue weighted by Gasteiger charge is 2.21. The first-order valence-corrected chi connectivity index (χ1v) is 7.17. The fourth-order valence-corrected chi connectivity index (χ4v) is 2.53. The summed E-state index contributed by atoms with van der Waals surface area (Å²) in [4.78, 5) is 42.7. The van der Waals surface area contributed by atoms with Gasteiger partial charge in [-0.1, -0.05) is 29.8 Å². The van der Waals surface area contributed by atoms with Gasteiger partial charge in [0.25, 0.3) is 5.56 Å². The number of nitrogens with zero attached hydrogens (tertiary/aromatic N) is 3. The number of ketones is 1. The number of rotatable bonds is 3. The lowest BCUT2D eigenvalue weighted by atomic mass is 10.0. The predicted molar refractivity (Wildman–Crippen MR) is 85.8 cm³/mol. The van der Waals surface area contributed by atoms with Crippen molar-refractivity contribution in [3.05, 3.63) is 62.6 Å².